The van der Waals surface area contributed by atoms with Crippen molar-refractivity contribution < 1.29 is 14.6 Å². The van der Waals surface area contributed by atoms with Crippen LogP contribution in [0.15, 0.2) is 23.1 Å². The lowest BCUT2D eigenvalue weighted by molar-refractivity contribution is 0.0695. The van der Waals surface area contributed by atoms with Gasteiger partial charge in [-0.15, -0.1) is 0 Å². The summed E-state index contributed by atoms with van der Waals surface area (Å²) in [6.45, 7) is 2.39. The first-order valence-corrected chi connectivity index (χ1v) is 6.01. The van der Waals surface area contributed by atoms with E-state index in [0.717, 1.165) is 0 Å². The highest BCUT2D eigenvalue weighted by Crippen LogP contribution is 2.28. The van der Waals surface area contributed by atoms with Crippen LogP contribution in [-0.2, 0) is 6.54 Å². The summed E-state index contributed by atoms with van der Waals surface area (Å²) < 4.78 is 6.79. The van der Waals surface area contributed by atoms with Gasteiger partial charge in [0.15, 0.2) is 0 Å². The number of aromatic nitrogens is 1. The zero-order valence-electron chi connectivity index (χ0n) is 10.4. The molecule has 0 aliphatic heterocycles. The third-order valence-corrected chi connectivity index (χ3v) is 3.22. The summed E-state index contributed by atoms with van der Waals surface area (Å²) in [5.74, 6) is -0.806. The minimum absolute atomic E-state index is 0.268. The van der Waals surface area contributed by atoms with Crippen LogP contribution in [0.3, 0.4) is 0 Å². The molecular formula is C13H12ClNO4. The highest BCUT2D eigenvalue weighted by molar-refractivity contribution is 6.32. The van der Waals surface area contributed by atoms with Crippen LogP contribution in [0.5, 0.6) is 5.75 Å². The van der Waals surface area contributed by atoms with E-state index in [1.54, 1.807) is 10.6 Å². The Morgan fingerprint density at radius 3 is 2.68 bits per heavy atom. The molecule has 2 rings (SSSR count). The lowest BCUT2D eigenvalue weighted by Crippen LogP contribution is -2.18. The molecule has 19 heavy (non-hydrogen) atoms. The van der Waals surface area contributed by atoms with Crippen LogP contribution < -0.4 is 10.2 Å². The molecule has 0 amide bonds. The number of aryl methyl sites for hydroxylation is 1. The van der Waals surface area contributed by atoms with Crippen LogP contribution in [0.1, 0.15) is 17.3 Å². The van der Waals surface area contributed by atoms with Crippen molar-refractivity contribution in [3.05, 3.63) is 39.1 Å². The number of hydrogen-bond acceptors (Lipinski definition) is 3. The van der Waals surface area contributed by atoms with E-state index >= 15 is 0 Å². The molecule has 5 nitrogen and oxygen atoms in total. The fraction of sp³-hybridized carbons (Fsp3) is 0.231. The number of ether oxygens (including phenoxy) is 1. The van der Waals surface area contributed by atoms with Crippen molar-refractivity contribution in [1.82, 2.24) is 4.57 Å². The molecule has 1 heterocycles. The Kier molecular flexibility index (Phi) is 3.48. The summed E-state index contributed by atoms with van der Waals surface area (Å²) in [4.78, 5) is 23.2. The molecule has 100 valence electrons. The van der Waals surface area contributed by atoms with Gasteiger partial charge in [-0.2, -0.15) is 0 Å². The van der Waals surface area contributed by atoms with Gasteiger partial charge in [-0.3, -0.25) is 4.79 Å². The first-order valence-electron chi connectivity index (χ1n) is 5.63. The Hall–Kier alpha value is -2.01. The van der Waals surface area contributed by atoms with Gasteiger partial charge in [-0.25, -0.2) is 4.79 Å². The Labute approximate surface area is 114 Å². The number of aromatic carboxylic acids is 1. The van der Waals surface area contributed by atoms with Crippen LogP contribution in [0.2, 0.25) is 5.02 Å². The lowest BCUT2D eigenvalue weighted by atomic mass is 10.1. The summed E-state index contributed by atoms with van der Waals surface area (Å²) >= 11 is 5.98. The van der Waals surface area contributed by atoms with Crippen molar-refractivity contribution in [2.75, 3.05) is 7.11 Å². The van der Waals surface area contributed by atoms with Crippen molar-refractivity contribution in [3.8, 4) is 5.75 Å². The molecule has 0 aliphatic carbocycles. The van der Waals surface area contributed by atoms with Crippen LogP contribution in [-0.4, -0.2) is 22.8 Å². The van der Waals surface area contributed by atoms with Crippen LogP contribution in [0.25, 0.3) is 10.9 Å². The van der Waals surface area contributed by atoms with E-state index in [-0.39, 0.29) is 16.0 Å². The Morgan fingerprint density at radius 2 is 2.16 bits per heavy atom. The number of hydrogen-bond donors (Lipinski definition) is 1. The largest absolute Gasteiger partial charge is 0.495 e. The number of carboxylic acids is 1. The molecule has 0 atom stereocenters. The molecule has 1 N–H and O–H groups in total. The van der Waals surface area contributed by atoms with E-state index in [9.17, 15) is 9.59 Å². The normalized spacial score (nSPS) is 10.7. The minimum Gasteiger partial charge on any atom is -0.495 e. The molecule has 0 unspecified atom stereocenters. The number of nitrogens with zero attached hydrogens (tertiary/aromatic N) is 1. The van der Waals surface area contributed by atoms with Crippen LogP contribution >= 0.6 is 11.6 Å². The van der Waals surface area contributed by atoms with Gasteiger partial charge >= 0.3 is 5.97 Å². The highest BCUT2D eigenvalue weighted by Gasteiger charge is 2.16. The number of benzene rings is 1. The maximum Gasteiger partial charge on any atom is 0.341 e. The maximum atomic E-state index is 12.1. The van der Waals surface area contributed by atoms with E-state index in [4.69, 9.17) is 21.4 Å². The zero-order valence-corrected chi connectivity index (χ0v) is 11.2. The number of pyridine rings is 1. The number of halogens is 1. The Balaban J connectivity index is 2.95. The monoisotopic (exact) mass is 281 g/mol. The standard InChI is InChI=1S/C13H12ClNO4/c1-3-15-6-8(13(17)18)12(16)7-4-9(14)11(19-2)5-10(7)15/h4-6H,3H2,1-2H3,(H,17,18). The first kappa shape index (κ1) is 13.4. The van der Waals surface area contributed by atoms with Crippen molar-refractivity contribution in [1.29, 1.82) is 0 Å². The van der Waals surface area contributed by atoms with E-state index in [2.05, 4.69) is 0 Å². The molecule has 0 bridgehead atoms. The van der Waals surface area contributed by atoms with Gasteiger partial charge in [0.05, 0.1) is 17.6 Å². The number of fused-ring (bicyclic) bond motifs is 1. The zero-order chi connectivity index (χ0) is 14.2. The molecule has 1 aromatic carbocycles. The van der Waals surface area contributed by atoms with Gasteiger partial charge < -0.3 is 14.4 Å². The number of methoxy groups -OCH3 is 1. The van der Waals surface area contributed by atoms with Gasteiger partial charge in [0, 0.05) is 24.2 Å². The summed E-state index contributed by atoms with van der Waals surface area (Å²) in [6, 6.07) is 3.07. The van der Waals surface area contributed by atoms with E-state index in [1.807, 2.05) is 6.92 Å². The number of carboxylic acid groups (broad SMARTS) is 1. The first-order chi connectivity index (χ1) is 8.99. The molecular weight excluding hydrogens is 270 g/mol. The quantitative estimate of drug-likeness (QED) is 0.938. The second-order valence-electron chi connectivity index (χ2n) is 3.97. The van der Waals surface area contributed by atoms with E-state index in [0.29, 0.717) is 17.8 Å². The second kappa shape index (κ2) is 4.93. The van der Waals surface area contributed by atoms with Gasteiger partial charge in [-0.1, -0.05) is 11.6 Å². The van der Waals surface area contributed by atoms with Gasteiger partial charge in [-0.05, 0) is 13.0 Å². The van der Waals surface area contributed by atoms with Gasteiger partial charge in [0.25, 0.3) is 0 Å². The van der Waals surface area contributed by atoms with Gasteiger partial charge in [0.2, 0.25) is 5.43 Å². The number of rotatable bonds is 3. The summed E-state index contributed by atoms with van der Waals surface area (Å²) in [5.41, 5.74) is -0.217. The smallest absolute Gasteiger partial charge is 0.341 e. The highest BCUT2D eigenvalue weighted by atomic mass is 35.5. The Morgan fingerprint density at radius 1 is 1.47 bits per heavy atom. The van der Waals surface area contributed by atoms with Crippen molar-refractivity contribution >= 4 is 28.5 Å². The third-order valence-electron chi connectivity index (χ3n) is 2.92. The van der Waals surface area contributed by atoms with Crippen molar-refractivity contribution in [3.63, 3.8) is 0 Å². The third kappa shape index (κ3) is 2.17. The fourth-order valence-electron chi connectivity index (χ4n) is 1.96. The average Bonchev–Trinajstić information content (AvgIpc) is 2.38. The molecule has 0 aliphatic rings. The van der Waals surface area contributed by atoms with Crippen molar-refractivity contribution in [2.45, 2.75) is 13.5 Å². The summed E-state index contributed by atoms with van der Waals surface area (Å²) in [6.07, 6.45) is 1.33. The van der Waals surface area contributed by atoms with Crippen molar-refractivity contribution in [2.24, 2.45) is 0 Å². The molecule has 0 spiro atoms. The summed E-state index contributed by atoms with van der Waals surface area (Å²) in [7, 11) is 1.48. The summed E-state index contributed by atoms with van der Waals surface area (Å²) in [5, 5.41) is 9.59. The molecule has 0 fully saturated rings. The molecule has 0 radical (unpaired) electrons. The van der Waals surface area contributed by atoms with Crippen LogP contribution in [0, 0.1) is 0 Å². The Bertz CT molecular complexity index is 721. The minimum atomic E-state index is -1.25. The van der Waals surface area contributed by atoms with Gasteiger partial charge in [0.1, 0.15) is 11.3 Å². The number of carbonyl (C=O) groups is 1. The molecule has 2 aromatic rings. The topological polar surface area (TPSA) is 68.5 Å². The SMILES string of the molecule is CCn1cc(C(=O)O)c(=O)c2cc(Cl)c(OC)cc21. The maximum absolute atomic E-state index is 12.1. The second-order valence-corrected chi connectivity index (χ2v) is 4.37. The molecule has 0 saturated carbocycles. The molecule has 6 heteroatoms. The predicted molar refractivity (Wildman–Crippen MR) is 72.4 cm³/mol. The fourth-order valence-corrected chi connectivity index (χ4v) is 2.20. The molecule has 0 saturated heterocycles. The average molecular weight is 282 g/mol. The lowest BCUT2D eigenvalue weighted by Gasteiger charge is -2.12. The predicted octanol–water partition coefficient (Wildman–Crippen LogP) is 2.38. The van der Waals surface area contributed by atoms with E-state index in [1.165, 1.54) is 19.4 Å². The molecule has 1 aromatic heterocycles. The van der Waals surface area contributed by atoms with Crippen LogP contribution in [0.4, 0.5) is 0 Å². The van der Waals surface area contributed by atoms with E-state index < -0.39 is 11.4 Å².